The van der Waals surface area contributed by atoms with Gasteiger partial charge in [-0.1, -0.05) is 0 Å². The molecule has 1 heterocycles. The van der Waals surface area contributed by atoms with Crippen LogP contribution in [0.2, 0.25) is 0 Å². The number of anilines is 1. The third-order valence-corrected chi connectivity index (χ3v) is 2.06. The highest BCUT2D eigenvalue weighted by molar-refractivity contribution is 5.49. The van der Waals surface area contributed by atoms with Crippen LogP contribution in [-0.2, 0) is 13.0 Å². The van der Waals surface area contributed by atoms with Crippen LogP contribution < -0.4 is 11.5 Å². The van der Waals surface area contributed by atoms with Gasteiger partial charge in [-0.15, -0.1) is 0 Å². The fourth-order valence-corrected chi connectivity index (χ4v) is 1.33. The fraction of sp³-hybridized carbons (Fsp3) is 0.333. The number of nitrogens with zero attached hydrogens (tertiary/aromatic N) is 2. The van der Waals surface area contributed by atoms with E-state index >= 15 is 0 Å². The Labute approximate surface area is 85.5 Å². The minimum absolute atomic E-state index is 0.0636. The quantitative estimate of drug-likeness (QED) is 0.785. The molecule has 0 spiro atoms. The average molecular weight is 212 g/mol. The van der Waals surface area contributed by atoms with E-state index in [4.69, 9.17) is 16.7 Å². The molecule has 6 heteroatoms. The standard InChI is InChI=1S/C9H10F2N4/c10-8(11)7-4-15-9(14)5(1-2-12)6(7)3-13/h4,8H,1,3,13H2,(H2,14,15). The molecule has 0 bridgehead atoms. The van der Waals surface area contributed by atoms with Crippen LogP contribution in [0.1, 0.15) is 23.1 Å². The van der Waals surface area contributed by atoms with Gasteiger partial charge in [0.25, 0.3) is 6.43 Å². The Hall–Kier alpha value is -1.74. The van der Waals surface area contributed by atoms with Gasteiger partial charge in [0.2, 0.25) is 0 Å². The number of pyridine rings is 1. The van der Waals surface area contributed by atoms with Crippen LogP contribution in [-0.4, -0.2) is 4.98 Å². The van der Waals surface area contributed by atoms with E-state index in [0.717, 1.165) is 6.20 Å². The summed E-state index contributed by atoms with van der Waals surface area (Å²) in [6.07, 6.45) is -1.72. The van der Waals surface area contributed by atoms with Crippen LogP contribution in [0.3, 0.4) is 0 Å². The van der Waals surface area contributed by atoms with Gasteiger partial charge in [-0.3, -0.25) is 0 Å². The average Bonchev–Trinajstić information content (AvgIpc) is 2.20. The molecule has 0 saturated carbocycles. The summed E-state index contributed by atoms with van der Waals surface area (Å²) < 4.78 is 25.1. The third kappa shape index (κ3) is 2.19. The molecule has 0 aromatic carbocycles. The molecule has 4 N–H and O–H groups in total. The molecular formula is C9H10F2N4. The number of nitriles is 1. The summed E-state index contributed by atoms with van der Waals surface area (Å²) in [4.78, 5) is 3.62. The summed E-state index contributed by atoms with van der Waals surface area (Å²) in [5.41, 5.74) is 11.1. The SMILES string of the molecule is N#CCc1c(N)ncc(C(F)F)c1CN. The topological polar surface area (TPSA) is 88.7 Å². The second-order valence-corrected chi connectivity index (χ2v) is 2.90. The predicted octanol–water partition coefficient (Wildman–Crippen LogP) is 1.13. The molecule has 0 amide bonds. The molecule has 0 unspecified atom stereocenters. The molecule has 1 aromatic heterocycles. The number of alkyl halides is 2. The normalized spacial score (nSPS) is 10.3. The van der Waals surface area contributed by atoms with E-state index in [1.807, 2.05) is 6.07 Å². The van der Waals surface area contributed by atoms with Crippen molar-refractivity contribution in [3.05, 3.63) is 22.9 Å². The lowest BCUT2D eigenvalue weighted by atomic mass is 10.0. The minimum atomic E-state index is -2.66. The summed E-state index contributed by atoms with van der Waals surface area (Å²) >= 11 is 0. The summed E-state index contributed by atoms with van der Waals surface area (Å²) in [5.74, 6) is 0.0846. The zero-order chi connectivity index (χ0) is 11.4. The Bertz CT molecular complexity index is 398. The number of hydrogen-bond acceptors (Lipinski definition) is 4. The van der Waals surface area contributed by atoms with Gasteiger partial charge in [0.15, 0.2) is 0 Å². The highest BCUT2D eigenvalue weighted by atomic mass is 19.3. The van der Waals surface area contributed by atoms with Crippen molar-refractivity contribution in [3.63, 3.8) is 0 Å². The first-order valence-corrected chi connectivity index (χ1v) is 4.23. The number of hydrogen-bond donors (Lipinski definition) is 2. The second-order valence-electron chi connectivity index (χ2n) is 2.90. The zero-order valence-corrected chi connectivity index (χ0v) is 7.87. The van der Waals surface area contributed by atoms with Crippen LogP contribution in [0, 0.1) is 11.3 Å². The van der Waals surface area contributed by atoms with Gasteiger partial charge in [0, 0.05) is 23.9 Å². The van der Waals surface area contributed by atoms with Crippen molar-refractivity contribution in [2.75, 3.05) is 5.73 Å². The lowest BCUT2D eigenvalue weighted by Gasteiger charge is -2.12. The molecule has 80 valence electrons. The Morgan fingerprint density at radius 3 is 2.60 bits per heavy atom. The smallest absolute Gasteiger partial charge is 0.265 e. The first-order valence-electron chi connectivity index (χ1n) is 4.23. The van der Waals surface area contributed by atoms with E-state index in [1.54, 1.807) is 0 Å². The van der Waals surface area contributed by atoms with Gasteiger partial charge < -0.3 is 11.5 Å². The lowest BCUT2D eigenvalue weighted by Crippen LogP contribution is -2.10. The molecule has 0 aliphatic rings. The highest BCUT2D eigenvalue weighted by Gasteiger charge is 2.17. The molecule has 1 aromatic rings. The van der Waals surface area contributed by atoms with Crippen molar-refractivity contribution in [2.45, 2.75) is 19.4 Å². The van der Waals surface area contributed by atoms with Crippen molar-refractivity contribution in [1.82, 2.24) is 4.98 Å². The van der Waals surface area contributed by atoms with Crippen LogP contribution in [0.5, 0.6) is 0 Å². The van der Waals surface area contributed by atoms with Crippen molar-refractivity contribution in [2.24, 2.45) is 5.73 Å². The van der Waals surface area contributed by atoms with Crippen molar-refractivity contribution < 1.29 is 8.78 Å². The third-order valence-electron chi connectivity index (χ3n) is 2.06. The monoisotopic (exact) mass is 212 g/mol. The maximum Gasteiger partial charge on any atom is 0.265 e. The summed E-state index contributed by atoms with van der Waals surface area (Å²) in [6, 6.07) is 1.85. The van der Waals surface area contributed by atoms with E-state index in [0.29, 0.717) is 5.56 Å². The van der Waals surface area contributed by atoms with Gasteiger partial charge in [-0.25, -0.2) is 13.8 Å². The molecule has 15 heavy (non-hydrogen) atoms. The molecule has 4 nitrogen and oxygen atoms in total. The maximum absolute atomic E-state index is 12.5. The van der Waals surface area contributed by atoms with Crippen LogP contribution >= 0.6 is 0 Å². The van der Waals surface area contributed by atoms with E-state index in [9.17, 15) is 8.78 Å². The van der Waals surface area contributed by atoms with Crippen molar-refractivity contribution in [3.8, 4) is 6.07 Å². The Morgan fingerprint density at radius 1 is 1.47 bits per heavy atom. The first kappa shape index (κ1) is 11.3. The van der Waals surface area contributed by atoms with E-state index in [1.165, 1.54) is 0 Å². The Morgan fingerprint density at radius 2 is 2.13 bits per heavy atom. The number of nitrogen functional groups attached to an aromatic ring is 1. The van der Waals surface area contributed by atoms with Gasteiger partial charge >= 0.3 is 0 Å². The highest BCUT2D eigenvalue weighted by Crippen LogP contribution is 2.27. The van der Waals surface area contributed by atoms with Gasteiger partial charge in [0.1, 0.15) is 5.82 Å². The summed E-state index contributed by atoms with van der Waals surface area (Å²) in [5, 5.41) is 8.53. The molecular weight excluding hydrogens is 202 g/mol. The fourth-order valence-electron chi connectivity index (χ4n) is 1.33. The Kier molecular flexibility index (Phi) is 3.52. The molecule has 0 radical (unpaired) electrons. The van der Waals surface area contributed by atoms with E-state index in [-0.39, 0.29) is 29.9 Å². The zero-order valence-electron chi connectivity index (χ0n) is 7.87. The molecule has 0 fully saturated rings. The maximum atomic E-state index is 12.5. The first-order chi connectivity index (χ1) is 7.11. The van der Waals surface area contributed by atoms with Crippen LogP contribution in [0.15, 0.2) is 6.20 Å². The second kappa shape index (κ2) is 4.66. The van der Waals surface area contributed by atoms with Gasteiger partial charge in [-0.2, -0.15) is 5.26 Å². The van der Waals surface area contributed by atoms with Gasteiger partial charge in [0.05, 0.1) is 12.5 Å². The molecule has 1 rings (SSSR count). The predicted molar refractivity (Wildman–Crippen MR) is 50.8 cm³/mol. The largest absolute Gasteiger partial charge is 0.383 e. The molecule has 0 atom stereocenters. The summed E-state index contributed by atoms with van der Waals surface area (Å²) in [7, 11) is 0. The number of halogens is 2. The van der Waals surface area contributed by atoms with Crippen LogP contribution in [0.25, 0.3) is 0 Å². The Balaban J connectivity index is 3.34. The van der Waals surface area contributed by atoms with E-state index in [2.05, 4.69) is 4.98 Å². The van der Waals surface area contributed by atoms with Gasteiger partial charge in [-0.05, 0) is 5.56 Å². The van der Waals surface area contributed by atoms with Crippen molar-refractivity contribution >= 4 is 5.82 Å². The van der Waals surface area contributed by atoms with Crippen LogP contribution in [0.4, 0.5) is 14.6 Å². The molecule has 0 aliphatic carbocycles. The molecule has 0 saturated heterocycles. The minimum Gasteiger partial charge on any atom is -0.383 e. The van der Waals surface area contributed by atoms with Crippen molar-refractivity contribution in [1.29, 1.82) is 5.26 Å². The molecule has 0 aliphatic heterocycles. The lowest BCUT2D eigenvalue weighted by molar-refractivity contribution is 0.149. The summed E-state index contributed by atoms with van der Waals surface area (Å²) in [6.45, 7) is -0.0800. The van der Waals surface area contributed by atoms with E-state index < -0.39 is 6.43 Å². The number of nitrogens with two attached hydrogens (primary N) is 2. The number of rotatable bonds is 3. The number of aromatic nitrogens is 1.